The van der Waals surface area contributed by atoms with E-state index < -0.39 is 40.9 Å². The van der Waals surface area contributed by atoms with E-state index in [4.69, 9.17) is 0 Å². The molecule has 3 rings (SSSR count). The van der Waals surface area contributed by atoms with Crippen LogP contribution in [0.5, 0.6) is 0 Å². The van der Waals surface area contributed by atoms with Gasteiger partial charge in [0.1, 0.15) is 0 Å². The van der Waals surface area contributed by atoms with Gasteiger partial charge in [-0.3, -0.25) is 14.4 Å². The normalized spacial score (nSPS) is 22.2. The number of hydrogen-bond donors (Lipinski definition) is 1. The second-order valence-electron chi connectivity index (χ2n) is 6.49. The molecule has 26 heavy (non-hydrogen) atoms. The van der Waals surface area contributed by atoms with Gasteiger partial charge < -0.3 is 15.1 Å². The minimum absolute atomic E-state index is 0.0469. The second kappa shape index (κ2) is 6.97. The van der Waals surface area contributed by atoms with Gasteiger partial charge in [-0.25, -0.2) is 13.2 Å². The molecule has 6 nitrogen and oxygen atoms in total. The van der Waals surface area contributed by atoms with E-state index >= 15 is 0 Å². The number of amides is 3. The molecule has 2 fully saturated rings. The van der Waals surface area contributed by atoms with Crippen LogP contribution in [0.4, 0.5) is 18.9 Å². The topological polar surface area (TPSA) is 69.7 Å². The van der Waals surface area contributed by atoms with E-state index in [2.05, 4.69) is 5.32 Å². The van der Waals surface area contributed by atoms with Gasteiger partial charge in [-0.2, -0.15) is 0 Å². The van der Waals surface area contributed by atoms with Crippen LogP contribution < -0.4 is 5.32 Å². The molecule has 1 aromatic carbocycles. The molecule has 1 saturated carbocycles. The number of carbonyl (C=O) groups excluding carboxylic acids is 3. The first-order chi connectivity index (χ1) is 12.3. The van der Waals surface area contributed by atoms with E-state index in [0.29, 0.717) is 32.6 Å². The fraction of sp³-hybridized carbons (Fsp3) is 0.471. The summed E-state index contributed by atoms with van der Waals surface area (Å²) in [6.45, 7) is 3.17. The van der Waals surface area contributed by atoms with Gasteiger partial charge in [0, 0.05) is 33.1 Å². The fourth-order valence-corrected chi connectivity index (χ4v) is 3.08. The van der Waals surface area contributed by atoms with Gasteiger partial charge in [-0.1, -0.05) is 0 Å². The molecule has 2 unspecified atom stereocenters. The maximum Gasteiger partial charge on any atom is 0.228 e. The Labute approximate surface area is 147 Å². The molecular weight excluding hydrogens is 351 g/mol. The quantitative estimate of drug-likeness (QED) is 0.819. The van der Waals surface area contributed by atoms with E-state index in [0.717, 1.165) is 12.1 Å². The van der Waals surface area contributed by atoms with Gasteiger partial charge in [0.25, 0.3) is 0 Å². The number of nitrogens with zero attached hydrogens (tertiary/aromatic N) is 2. The number of carbonyl (C=O) groups is 3. The molecule has 2 aliphatic rings. The van der Waals surface area contributed by atoms with E-state index in [9.17, 15) is 27.6 Å². The molecule has 0 aromatic heterocycles. The van der Waals surface area contributed by atoms with Crippen molar-refractivity contribution in [3.63, 3.8) is 0 Å². The Kier molecular flexibility index (Phi) is 4.88. The second-order valence-corrected chi connectivity index (χ2v) is 6.49. The Hall–Kier alpha value is -2.58. The number of piperazine rings is 1. The lowest BCUT2D eigenvalue weighted by atomic mass is 10.2. The Balaban J connectivity index is 1.55. The molecule has 0 bridgehead atoms. The van der Waals surface area contributed by atoms with Crippen LogP contribution in [0, 0.1) is 29.3 Å². The highest BCUT2D eigenvalue weighted by molar-refractivity contribution is 5.99. The van der Waals surface area contributed by atoms with Crippen molar-refractivity contribution < 1.29 is 27.6 Å². The predicted molar refractivity (Wildman–Crippen MR) is 85.4 cm³/mol. The predicted octanol–water partition coefficient (Wildman–Crippen LogP) is 1.37. The van der Waals surface area contributed by atoms with Crippen molar-refractivity contribution >= 4 is 23.4 Å². The lowest BCUT2D eigenvalue weighted by Gasteiger charge is -2.34. The zero-order valence-corrected chi connectivity index (χ0v) is 14.1. The van der Waals surface area contributed by atoms with Crippen LogP contribution in [0.2, 0.25) is 0 Å². The van der Waals surface area contributed by atoms with Crippen molar-refractivity contribution in [2.24, 2.45) is 11.8 Å². The van der Waals surface area contributed by atoms with Crippen LogP contribution in [0.3, 0.4) is 0 Å². The first kappa shape index (κ1) is 18.2. The molecule has 1 aromatic rings. The Morgan fingerprint density at radius 3 is 2.19 bits per heavy atom. The lowest BCUT2D eigenvalue weighted by Crippen LogP contribution is -2.50. The zero-order chi connectivity index (χ0) is 19.0. The Morgan fingerprint density at radius 2 is 1.58 bits per heavy atom. The number of halogens is 3. The van der Waals surface area contributed by atoms with E-state index in [1.54, 1.807) is 9.80 Å². The molecule has 3 amide bonds. The Morgan fingerprint density at radius 1 is 0.962 bits per heavy atom. The third-order valence-corrected chi connectivity index (χ3v) is 4.77. The van der Waals surface area contributed by atoms with Crippen LogP contribution in [0.15, 0.2) is 12.1 Å². The summed E-state index contributed by atoms with van der Waals surface area (Å²) in [5, 5.41) is 2.21. The zero-order valence-electron chi connectivity index (χ0n) is 14.1. The molecule has 9 heteroatoms. The van der Waals surface area contributed by atoms with Crippen molar-refractivity contribution in [3.8, 4) is 0 Å². The molecule has 1 aliphatic carbocycles. The SMILES string of the molecule is CC(=O)N1CCN(C(=O)C2CC2C(=O)Nc2ccc(F)c(F)c2F)CC1. The fourth-order valence-electron chi connectivity index (χ4n) is 3.08. The van der Waals surface area contributed by atoms with Gasteiger partial charge in [0.05, 0.1) is 17.5 Å². The molecular formula is C17H18F3N3O3. The highest BCUT2D eigenvalue weighted by Crippen LogP contribution is 2.41. The van der Waals surface area contributed by atoms with Crippen molar-refractivity contribution in [3.05, 3.63) is 29.6 Å². The molecule has 0 radical (unpaired) electrons. The average Bonchev–Trinajstić information content (AvgIpc) is 3.42. The number of benzene rings is 1. The van der Waals surface area contributed by atoms with Crippen LogP contribution in [-0.4, -0.2) is 53.7 Å². The molecule has 0 spiro atoms. The summed E-state index contributed by atoms with van der Waals surface area (Å²) in [6.07, 6.45) is 0.322. The van der Waals surface area contributed by atoms with E-state index in [1.807, 2.05) is 0 Å². The average molecular weight is 369 g/mol. The van der Waals surface area contributed by atoms with Crippen molar-refractivity contribution in [2.45, 2.75) is 13.3 Å². The van der Waals surface area contributed by atoms with Crippen LogP contribution in [-0.2, 0) is 14.4 Å². The van der Waals surface area contributed by atoms with Crippen molar-refractivity contribution in [1.29, 1.82) is 0 Å². The lowest BCUT2D eigenvalue weighted by molar-refractivity contribution is -0.139. The number of anilines is 1. The summed E-state index contributed by atoms with van der Waals surface area (Å²) in [5.74, 6) is -6.43. The van der Waals surface area contributed by atoms with Gasteiger partial charge in [0.2, 0.25) is 17.7 Å². The standard InChI is InChI=1S/C17H18F3N3O3/c1-9(24)22-4-6-23(7-5-22)17(26)11-8-10(11)16(25)21-13-3-2-12(18)14(19)15(13)20/h2-3,10-11H,4-8H2,1H3,(H,21,25). The summed E-state index contributed by atoms with van der Waals surface area (Å²) in [6, 6.07) is 1.66. The highest BCUT2D eigenvalue weighted by atomic mass is 19.2. The summed E-state index contributed by atoms with van der Waals surface area (Å²) in [4.78, 5) is 39.1. The van der Waals surface area contributed by atoms with Crippen LogP contribution in [0.1, 0.15) is 13.3 Å². The van der Waals surface area contributed by atoms with Crippen LogP contribution >= 0.6 is 0 Å². The minimum Gasteiger partial charge on any atom is -0.339 e. The van der Waals surface area contributed by atoms with E-state index in [1.165, 1.54) is 6.92 Å². The molecule has 1 heterocycles. The van der Waals surface area contributed by atoms with Gasteiger partial charge in [-0.15, -0.1) is 0 Å². The van der Waals surface area contributed by atoms with Gasteiger partial charge in [0.15, 0.2) is 17.5 Å². The summed E-state index contributed by atoms with van der Waals surface area (Å²) < 4.78 is 39.7. The molecule has 1 saturated heterocycles. The number of rotatable bonds is 3. The van der Waals surface area contributed by atoms with Crippen LogP contribution in [0.25, 0.3) is 0 Å². The van der Waals surface area contributed by atoms with Gasteiger partial charge >= 0.3 is 0 Å². The van der Waals surface area contributed by atoms with Crippen molar-refractivity contribution in [1.82, 2.24) is 9.80 Å². The third-order valence-electron chi connectivity index (χ3n) is 4.77. The smallest absolute Gasteiger partial charge is 0.228 e. The molecule has 1 N–H and O–H groups in total. The first-order valence-corrected chi connectivity index (χ1v) is 8.28. The minimum atomic E-state index is -1.66. The van der Waals surface area contributed by atoms with E-state index in [-0.39, 0.29) is 11.8 Å². The molecule has 140 valence electrons. The van der Waals surface area contributed by atoms with Gasteiger partial charge in [-0.05, 0) is 18.6 Å². The summed E-state index contributed by atoms with van der Waals surface area (Å²) in [5.41, 5.74) is -0.456. The van der Waals surface area contributed by atoms with Crippen molar-refractivity contribution in [2.75, 3.05) is 31.5 Å². The highest BCUT2D eigenvalue weighted by Gasteiger charge is 2.50. The number of hydrogen-bond acceptors (Lipinski definition) is 3. The largest absolute Gasteiger partial charge is 0.339 e. The molecule has 1 aliphatic heterocycles. The monoisotopic (exact) mass is 369 g/mol. The Bertz CT molecular complexity index is 763. The first-order valence-electron chi connectivity index (χ1n) is 8.28. The summed E-state index contributed by atoms with van der Waals surface area (Å²) in [7, 11) is 0. The molecule has 2 atom stereocenters. The maximum absolute atomic E-state index is 13.6. The summed E-state index contributed by atoms with van der Waals surface area (Å²) >= 11 is 0. The maximum atomic E-state index is 13.6. The number of nitrogens with one attached hydrogen (secondary N) is 1. The third kappa shape index (κ3) is 3.51.